The molecule has 1 unspecified atom stereocenters. The van der Waals surface area contributed by atoms with Crippen molar-refractivity contribution in [2.45, 2.75) is 24.0 Å². The van der Waals surface area contributed by atoms with Crippen LogP contribution in [0.1, 0.15) is 29.3 Å². The minimum Gasteiger partial charge on any atom is -0.339 e. The number of amides is 1. The average molecular weight is 387 g/mol. The third-order valence-corrected chi connectivity index (χ3v) is 6.21. The van der Waals surface area contributed by atoms with E-state index < -0.39 is 0 Å². The van der Waals surface area contributed by atoms with E-state index in [1.807, 2.05) is 36.1 Å². The summed E-state index contributed by atoms with van der Waals surface area (Å²) in [5.41, 5.74) is 1.81. The highest BCUT2D eigenvalue weighted by molar-refractivity contribution is 7.98. The number of thioether (sulfide) groups is 1. The van der Waals surface area contributed by atoms with E-state index in [-0.39, 0.29) is 11.7 Å². The summed E-state index contributed by atoms with van der Waals surface area (Å²) in [6.07, 6.45) is 1.15. The quantitative estimate of drug-likeness (QED) is 0.653. The molecule has 0 saturated carbocycles. The van der Waals surface area contributed by atoms with Crippen LogP contribution in [-0.4, -0.2) is 48.9 Å². The van der Waals surface area contributed by atoms with Gasteiger partial charge in [-0.3, -0.25) is 4.79 Å². The van der Waals surface area contributed by atoms with Gasteiger partial charge < -0.3 is 9.80 Å². The normalized spacial score (nSPS) is 17.2. The molecule has 2 aromatic carbocycles. The number of likely N-dealkylation sites (tertiary alicyclic amines) is 1. The second-order valence-corrected chi connectivity index (χ2v) is 8.19. The van der Waals surface area contributed by atoms with Crippen molar-refractivity contribution in [2.75, 3.05) is 33.2 Å². The van der Waals surface area contributed by atoms with Crippen LogP contribution >= 0.6 is 11.8 Å². The molecule has 1 saturated heterocycles. The van der Waals surface area contributed by atoms with Crippen molar-refractivity contribution in [2.24, 2.45) is 5.92 Å². The molecule has 0 aromatic heterocycles. The number of carbonyl (C=O) groups excluding carboxylic acids is 1. The second-order valence-electron chi connectivity index (χ2n) is 7.17. The van der Waals surface area contributed by atoms with E-state index in [2.05, 4.69) is 11.9 Å². The third kappa shape index (κ3) is 5.33. The van der Waals surface area contributed by atoms with Gasteiger partial charge in [-0.05, 0) is 62.7 Å². The van der Waals surface area contributed by atoms with E-state index in [1.54, 1.807) is 23.9 Å². The topological polar surface area (TPSA) is 23.6 Å². The number of hydrogen-bond acceptors (Lipinski definition) is 3. The van der Waals surface area contributed by atoms with Crippen molar-refractivity contribution >= 4 is 17.7 Å². The van der Waals surface area contributed by atoms with Crippen LogP contribution in [0.5, 0.6) is 0 Å². The van der Waals surface area contributed by atoms with Gasteiger partial charge in [-0.1, -0.05) is 24.3 Å². The minimum absolute atomic E-state index is 0.106. The summed E-state index contributed by atoms with van der Waals surface area (Å²) in [7, 11) is 2.14. The Bertz CT molecular complexity index is 765. The number of nitrogens with zero attached hydrogens (tertiary/aromatic N) is 2. The Morgan fingerprint density at radius 2 is 1.96 bits per heavy atom. The van der Waals surface area contributed by atoms with Crippen LogP contribution in [-0.2, 0) is 5.75 Å². The molecule has 3 nitrogen and oxygen atoms in total. The average Bonchev–Trinajstić information content (AvgIpc) is 3.10. The van der Waals surface area contributed by atoms with Gasteiger partial charge in [-0.15, -0.1) is 11.8 Å². The van der Waals surface area contributed by atoms with Gasteiger partial charge >= 0.3 is 0 Å². The lowest BCUT2D eigenvalue weighted by Gasteiger charge is -2.25. The molecule has 1 atom stereocenters. The fraction of sp³-hybridized carbons (Fsp3) is 0.409. The molecule has 0 spiro atoms. The van der Waals surface area contributed by atoms with Crippen LogP contribution in [0.15, 0.2) is 53.4 Å². The highest BCUT2D eigenvalue weighted by Gasteiger charge is 2.25. The summed E-state index contributed by atoms with van der Waals surface area (Å²) in [5, 5.41) is 0. The van der Waals surface area contributed by atoms with Gasteiger partial charge in [-0.2, -0.15) is 0 Å². The van der Waals surface area contributed by atoms with E-state index in [9.17, 15) is 9.18 Å². The summed E-state index contributed by atoms with van der Waals surface area (Å²) < 4.78 is 13.1. The van der Waals surface area contributed by atoms with Crippen molar-refractivity contribution < 1.29 is 9.18 Å². The standard InChI is InChI=1S/C22H27FN2OS/c1-3-25(15-18-12-13-24(2)14-18)22(26)20-6-4-5-7-21(20)27-16-17-8-10-19(23)11-9-17/h4-11,18H,3,12-16H2,1-2H3. The molecule has 1 aliphatic heterocycles. The van der Waals surface area contributed by atoms with Gasteiger partial charge in [0.1, 0.15) is 5.82 Å². The van der Waals surface area contributed by atoms with Crippen molar-refractivity contribution in [3.8, 4) is 0 Å². The van der Waals surface area contributed by atoms with Crippen molar-refractivity contribution in [3.05, 3.63) is 65.5 Å². The molecule has 1 aliphatic rings. The maximum Gasteiger partial charge on any atom is 0.254 e. The summed E-state index contributed by atoms with van der Waals surface area (Å²) >= 11 is 1.63. The van der Waals surface area contributed by atoms with Gasteiger partial charge in [0.15, 0.2) is 0 Å². The van der Waals surface area contributed by atoms with Gasteiger partial charge in [-0.25, -0.2) is 4.39 Å². The van der Waals surface area contributed by atoms with E-state index >= 15 is 0 Å². The molecule has 0 N–H and O–H groups in total. The number of benzene rings is 2. The molecule has 0 bridgehead atoms. The second kappa shape index (κ2) is 9.38. The first-order valence-electron chi connectivity index (χ1n) is 9.51. The summed E-state index contributed by atoms with van der Waals surface area (Å²) in [4.78, 5) is 18.5. The largest absolute Gasteiger partial charge is 0.339 e. The number of halogens is 1. The first-order valence-corrected chi connectivity index (χ1v) is 10.5. The molecule has 1 heterocycles. The van der Waals surface area contributed by atoms with Gasteiger partial charge in [0, 0.05) is 30.3 Å². The van der Waals surface area contributed by atoms with Crippen LogP contribution < -0.4 is 0 Å². The highest BCUT2D eigenvalue weighted by Crippen LogP contribution is 2.28. The number of carbonyl (C=O) groups is 1. The molecule has 3 rings (SSSR count). The lowest BCUT2D eigenvalue weighted by molar-refractivity contribution is 0.0736. The number of rotatable bonds is 7. The first-order chi connectivity index (χ1) is 13.1. The fourth-order valence-corrected chi connectivity index (χ4v) is 4.52. The predicted octanol–water partition coefficient (Wildman–Crippen LogP) is 4.53. The maximum absolute atomic E-state index is 13.2. The summed E-state index contributed by atoms with van der Waals surface area (Å²) in [6, 6.07) is 14.3. The molecule has 27 heavy (non-hydrogen) atoms. The molecule has 144 valence electrons. The SMILES string of the molecule is CCN(CC1CCN(C)C1)C(=O)c1ccccc1SCc1ccc(F)cc1. The Labute approximate surface area is 165 Å². The van der Waals surface area contributed by atoms with Crippen molar-refractivity contribution in [1.82, 2.24) is 9.80 Å². The van der Waals surface area contributed by atoms with Crippen LogP contribution in [0.2, 0.25) is 0 Å². The molecule has 2 aromatic rings. The Kier molecular flexibility index (Phi) is 6.91. The molecule has 5 heteroatoms. The smallest absolute Gasteiger partial charge is 0.254 e. The van der Waals surface area contributed by atoms with E-state index in [1.165, 1.54) is 12.1 Å². The molecular formula is C22H27FN2OS. The highest BCUT2D eigenvalue weighted by atomic mass is 32.2. The maximum atomic E-state index is 13.2. The summed E-state index contributed by atoms with van der Waals surface area (Å²) in [6.45, 7) is 5.75. The van der Waals surface area contributed by atoms with Gasteiger partial charge in [0.2, 0.25) is 0 Å². The van der Waals surface area contributed by atoms with Gasteiger partial charge in [0.05, 0.1) is 5.56 Å². The zero-order valence-corrected chi connectivity index (χ0v) is 16.8. The molecule has 0 radical (unpaired) electrons. The Morgan fingerprint density at radius 3 is 2.63 bits per heavy atom. The van der Waals surface area contributed by atoms with E-state index in [4.69, 9.17) is 0 Å². The number of hydrogen-bond donors (Lipinski definition) is 0. The van der Waals surface area contributed by atoms with Crippen molar-refractivity contribution in [3.63, 3.8) is 0 Å². The van der Waals surface area contributed by atoms with E-state index in [0.29, 0.717) is 11.7 Å². The van der Waals surface area contributed by atoms with Crippen LogP contribution in [0.3, 0.4) is 0 Å². The Morgan fingerprint density at radius 1 is 1.22 bits per heavy atom. The zero-order chi connectivity index (χ0) is 19.2. The molecule has 1 amide bonds. The Balaban J connectivity index is 1.69. The fourth-order valence-electron chi connectivity index (χ4n) is 3.52. The molecule has 0 aliphatic carbocycles. The first kappa shape index (κ1) is 19.9. The zero-order valence-electron chi connectivity index (χ0n) is 16.0. The van der Waals surface area contributed by atoms with Gasteiger partial charge in [0.25, 0.3) is 5.91 Å². The van der Waals surface area contributed by atoms with Crippen LogP contribution in [0.25, 0.3) is 0 Å². The molecular weight excluding hydrogens is 359 g/mol. The third-order valence-electron chi connectivity index (χ3n) is 5.06. The summed E-state index contributed by atoms with van der Waals surface area (Å²) in [5.74, 6) is 1.15. The minimum atomic E-state index is -0.226. The molecule has 1 fully saturated rings. The van der Waals surface area contributed by atoms with Crippen LogP contribution in [0.4, 0.5) is 4.39 Å². The van der Waals surface area contributed by atoms with Crippen LogP contribution in [0, 0.1) is 11.7 Å². The Hall–Kier alpha value is -1.85. The monoisotopic (exact) mass is 386 g/mol. The lowest BCUT2D eigenvalue weighted by atomic mass is 10.1. The van der Waals surface area contributed by atoms with E-state index in [0.717, 1.165) is 48.6 Å². The predicted molar refractivity (Wildman–Crippen MR) is 110 cm³/mol. The van der Waals surface area contributed by atoms with Crippen molar-refractivity contribution in [1.29, 1.82) is 0 Å². The lowest BCUT2D eigenvalue weighted by Crippen LogP contribution is -2.36.